The van der Waals surface area contributed by atoms with Crippen molar-refractivity contribution in [1.82, 2.24) is 0 Å². The van der Waals surface area contributed by atoms with Crippen LogP contribution in [0.25, 0.3) is 0 Å². The zero-order valence-corrected chi connectivity index (χ0v) is 28.1. The minimum atomic E-state index is -6.27. The summed E-state index contributed by atoms with van der Waals surface area (Å²) in [5.41, 5.74) is 0. The maximum Gasteiger partial charge on any atom is 1.00 e. The van der Waals surface area contributed by atoms with Crippen LogP contribution in [0.4, 0.5) is 0 Å². The molecular weight excluding hydrogens is 490 g/mol. The minimum absolute atomic E-state index is 0. The molecule has 2 unspecified atom stereocenters. The molecule has 18 heteroatoms. The molecule has 0 aliphatic carbocycles. The second kappa shape index (κ2) is 18.4. The van der Waals surface area contributed by atoms with Crippen molar-refractivity contribution in [3.63, 3.8) is 0 Å². The fourth-order valence-electron chi connectivity index (χ4n) is 1.75. The molecule has 0 rings (SSSR count). The molecule has 12 nitrogen and oxygen atoms in total. The topological polar surface area (TPSA) is 208 Å². The van der Waals surface area contributed by atoms with E-state index in [2.05, 4.69) is 9.47 Å². The summed E-state index contributed by atoms with van der Waals surface area (Å²) in [5, 5.41) is 11.3. The summed E-state index contributed by atoms with van der Waals surface area (Å²) in [5.74, 6) is -4.53. The third kappa shape index (κ3) is 10.4. The Hall–Kier alpha value is 3.16. The zero-order valence-electron chi connectivity index (χ0n) is 22.3. The maximum absolute atomic E-state index is 12.0. The number of carbonyl (C=O) groups is 2. The van der Waals surface area contributed by atoms with E-state index >= 15 is 0 Å². The van der Waals surface area contributed by atoms with Crippen LogP contribution in [0, 0.1) is 0 Å². The molecule has 0 spiro atoms. The van der Waals surface area contributed by atoms with E-state index in [-0.39, 0.29) is 137 Å². The van der Waals surface area contributed by atoms with Gasteiger partial charge in [0.2, 0.25) is 0 Å². The number of aliphatic hydroxyl groups is 2. The number of hydrogen-bond donors (Lipinski definition) is 6. The summed E-state index contributed by atoms with van der Waals surface area (Å²) in [7, 11) is -12.5. The zero-order chi connectivity index (χ0) is 20.8. The Kier molecular flexibility index (Phi) is 26.6. The van der Waals surface area contributed by atoms with Gasteiger partial charge in [0.1, 0.15) is 0 Å². The van der Waals surface area contributed by atoms with Gasteiger partial charge in [-0.1, -0.05) is 26.7 Å². The molecule has 0 fully saturated rings. The van der Waals surface area contributed by atoms with Gasteiger partial charge in [-0.15, -0.1) is 0 Å². The van der Waals surface area contributed by atoms with Crippen molar-refractivity contribution >= 4 is 27.1 Å². The van der Waals surface area contributed by atoms with E-state index in [1.807, 2.05) is 0 Å². The first-order valence-corrected chi connectivity index (χ1v) is 10.8. The number of hydrogen-bond acceptors (Lipinski definition) is 8. The summed E-state index contributed by atoms with van der Waals surface area (Å²) in [6, 6.07) is 0. The van der Waals surface area contributed by atoms with Crippen LogP contribution in [-0.4, -0.2) is 65.6 Å². The molecule has 162 valence electrons. The summed E-state index contributed by atoms with van der Waals surface area (Å²) in [6.45, 7) is 2.36. The van der Waals surface area contributed by atoms with Crippen LogP contribution in [0.1, 0.15) is 45.2 Å². The quantitative estimate of drug-likeness (QED) is 0.0652. The maximum atomic E-state index is 12.0. The van der Waals surface area contributed by atoms with Crippen LogP contribution < -0.4 is 118 Å². The Morgan fingerprint density at radius 3 is 1.13 bits per heavy atom. The van der Waals surface area contributed by atoms with Gasteiger partial charge in [-0.05, 0) is 12.8 Å². The average molecular weight is 518 g/mol. The molecule has 0 heterocycles. The Balaban J connectivity index is -0.000000112. The molecule has 0 aromatic carbocycles. The molecule has 30 heavy (non-hydrogen) atoms. The summed E-state index contributed by atoms with van der Waals surface area (Å²) in [6.07, 6.45) is 1.28. The van der Waals surface area contributed by atoms with Gasteiger partial charge in [0.05, 0.1) is 13.2 Å². The average Bonchev–Trinajstić information content (AvgIpc) is 2.51. The van der Waals surface area contributed by atoms with E-state index in [0.29, 0.717) is 12.8 Å². The Bertz CT molecular complexity index is 578. The monoisotopic (exact) mass is 518 g/mol. The molecule has 0 radical (unpaired) electrons. The second-order valence-corrected chi connectivity index (χ2v) is 8.88. The molecule has 0 bridgehead atoms. The second-order valence-electron chi connectivity index (χ2n) is 5.41. The van der Waals surface area contributed by atoms with Crippen molar-refractivity contribution in [2.75, 3.05) is 13.2 Å². The molecule has 0 aromatic heterocycles. The molecule has 6 N–H and O–H groups in total. The molecular formula is C12H28Na4O12P2. The molecule has 0 saturated heterocycles. The summed E-state index contributed by atoms with van der Waals surface area (Å²) >= 11 is 0. The molecule has 0 aromatic rings. The van der Waals surface area contributed by atoms with E-state index in [1.165, 1.54) is 0 Å². The van der Waals surface area contributed by atoms with Crippen molar-refractivity contribution in [2.24, 2.45) is 0 Å². The number of rotatable bonds is 11. The normalized spacial score (nSPS) is 14.8. The van der Waals surface area contributed by atoms with Gasteiger partial charge in [0.15, 0.2) is 0 Å². The third-order valence-corrected chi connectivity index (χ3v) is 6.24. The molecule has 0 aliphatic heterocycles. The fourth-order valence-corrected chi connectivity index (χ4v) is 4.13. The van der Waals surface area contributed by atoms with Gasteiger partial charge in [-0.3, -0.25) is 9.13 Å². The molecule has 0 aliphatic rings. The fraction of sp³-hybridized carbons (Fsp3) is 0.833. The molecule has 0 saturated carbocycles. The summed E-state index contributed by atoms with van der Waals surface area (Å²) in [4.78, 5) is 61.4. The molecule has 2 atom stereocenters. The Morgan fingerprint density at radius 1 is 0.733 bits per heavy atom. The standard InChI is InChI=1S/C12H24O12P2.4Na.4H/c1-3-5-7-23-9(13)11(15,25(17,18)19)12(16,26(20,21)22)10(14)24-8-6-4-2;;;;;;;;/h15-16H,3-8H2,1-2H3,(H2,17,18,19)(H2,20,21,22);;;;;;;;/q;4*+1;4*-1. The van der Waals surface area contributed by atoms with E-state index in [4.69, 9.17) is 0 Å². The SMILES string of the molecule is CCCCOC(=O)C(O)(C(O)(C(=O)OCCCC)P(=O)(O)O)P(=O)(O)O.[H-].[H-].[H-].[H-].[Na+].[Na+].[Na+].[Na+]. The van der Waals surface area contributed by atoms with E-state index < -0.39 is 51.0 Å². The van der Waals surface area contributed by atoms with Crippen molar-refractivity contribution in [2.45, 2.75) is 50.2 Å². The molecule has 0 amide bonds. The Morgan fingerprint density at radius 2 is 0.967 bits per heavy atom. The minimum Gasteiger partial charge on any atom is -1.00 e. The van der Waals surface area contributed by atoms with Crippen LogP contribution in [0.3, 0.4) is 0 Å². The first kappa shape index (κ1) is 43.2. The van der Waals surface area contributed by atoms with Crippen LogP contribution in [0.15, 0.2) is 0 Å². The van der Waals surface area contributed by atoms with Crippen LogP contribution in [0.2, 0.25) is 0 Å². The Labute approximate surface area is 269 Å². The number of ether oxygens (including phenoxy) is 2. The van der Waals surface area contributed by atoms with Crippen LogP contribution in [0.5, 0.6) is 0 Å². The van der Waals surface area contributed by atoms with E-state index in [0.717, 1.165) is 0 Å². The van der Waals surface area contributed by atoms with Gasteiger partial charge < -0.3 is 45.0 Å². The predicted molar refractivity (Wildman–Crippen MR) is 90.2 cm³/mol. The largest absolute Gasteiger partial charge is 1.00 e. The van der Waals surface area contributed by atoms with Crippen molar-refractivity contribution in [3.05, 3.63) is 0 Å². The summed E-state index contributed by atoms with van der Waals surface area (Å²) < 4.78 is 32.2. The number of carbonyl (C=O) groups excluding carboxylic acids is 2. The van der Waals surface area contributed by atoms with Gasteiger partial charge in [-0.2, -0.15) is 0 Å². The van der Waals surface area contributed by atoms with Gasteiger partial charge in [0, 0.05) is 0 Å². The van der Waals surface area contributed by atoms with Gasteiger partial charge >= 0.3 is 156 Å². The first-order chi connectivity index (χ1) is 11.7. The number of unbranched alkanes of at least 4 members (excludes halogenated alkanes) is 2. The number of esters is 2. The van der Waals surface area contributed by atoms with Crippen LogP contribution in [-0.2, 0) is 28.2 Å². The van der Waals surface area contributed by atoms with Gasteiger partial charge in [0.25, 0.3) is 0 Å². The van der Waals surface area contributed by atoms with Crippen LogP contribution >= 0.6 is 15.2 Å². The van der Waals surface area contributed by atoms with E-state index in [1.54, 1.807) is 13.8 Å². The van der Waals surface area contributed by atoms with Crippen molar-refractivity contribution in [3.8, 4) is 0 Å². The first-order valence-electron chi connectivity index (χ1n) is 7.62. The van der Waals surface area contributed by atoms with E-state index in [9.17, 15) is 48.5 Å². The van der Waals surface area contributed by atoms with Crippen molar-refractivity contribution < 1.29 is 182 Å². The third-order valence-electron chi connectivity index (χ3n) is 3.36. The predicted octanol–water partition coefficient (Wildman–Crippen LogP) is -12.1. The van der Waals surface area contributed by atoms with Crippen molar-refractivity contribution in [1.29, 1.82) is 0 Å². The van der Waals surface area contributed by atoms with Gasteiger partial charge in [-0.25, -0.2) is 9.59 Å². The smallest absolute Gasteiger partial charge is 1.00 e.